The van der Waals surface area contributed by atoms with Crippen LogP contribution in [0.2, 0.25) is 0 Å². The molecule has 3 saturated carbocycles. The van der Waals surface area contributed by atoms with Crippen molar-refractivity contribution >= 4 is 5.97 Å². The lowest BCUT2D eigenvalue weighted by atomic mass is 9.60. The molecule has 7 atom stereocenters. The van der Waals surface area contributed by atoms with E-state index < -0.39 is 11.6 Å². The van der Waals surface area contributed by atoms with Crippen LogP contribution in [0.3, 0.4) is 0 Å². The topological polar surface area (TPSA) is 66.8 Å². The Balaban J connectivity index is 1.46. The molecular weight excluding hydrogens is 388 g/mol. The second-order valence-electron chi connectivity index (χ2n) is 11.2. The maximum Gasteiger partial charge on any atom is 0.338 e. The molecule has 4 rings (SSSR count). The van der Waals surface area contributed by atoms with Crippen molar-refractivity contribution in [3.05, 3.63) is 35.5 Å². The first-order valence-electron chi connectivity index (χ1n) is 12.3. The molecule has 0 radical (unpaired) electrons. The molecule has 2 N–H and O–H groups in total. The average molecular weight is 429 g/mol. The second-order valence-corrected chi connectivity index (χ2v) is 11.2. The Bertz CT molecular complexity index is 791. The highest BCUT2D eigenvalue weighted by Crippen LogP contribution is 2.60. The molecule has 0 amide bonds. The molecule has 0 unspecified atom stereocenters. The van der Waals surface area contributed by atoms with Crippen molar-refractivity contribution in [3.63, 3.8) is 0 Å². The van der Waals surface area contributed by atoms with Gasteiger partial charge in [-0.1, -0.05) is 43.7 Å². The number of ether oxygens (including phenoxy) is 1. The highest BCUT2D eigenvalue weighted by Gasteiger charge is 2.52. The van der Waals surface area contributed by atoms with Crippen LogP contribution in [0.25, 0.3) is 0 Å². The van der Waals surface area contributed by atoms with Gasteiger partial charge in [-0.05, 0) is 93.5 Å². The molecule has 31 heavy (non-hydrogen) atoms. The molecule has 3 aliphatic carbocycles. The first kappa shape index (κ1) is 22.8. The molecule has 0 spiro atoms. The van der Waals surface area contributed by atoms with E-state index in [0.717, 1.165) is 25.7 Å². The fourth-order valence-electron chi connectivity index (χ4n) is 7.17. The Morgan fingerprint density at radius 1 is 1.23 bits per heavy atom. The molecular formula is C27H40O4. The third kappa shape index (κ3) is 4.43. The summed E-state index contributed by atoms with van der Waals surface area (Å²) in [6, 6.07) is 0. The van der Waals surface area contributed by atoms with E-state index in [1.807, 2.05) is 0 Å². The van der Waals surface area contributed by atoms with Crippen LogP contribution >= 0.6 is 0 Å². The van der Waals surface area contributed by atoms with Gasteiger partial charge in [0.05, 0.1) is 6.10 Å². The Hall–Kier alpha value is -1.39. The van der Waals surface area contributed by atoms with Gasteiger partial charge in [0.2, 0.25) is 0 Å². The number of rotatable bonds is 4. The number of aliphatic hydroxyl groups excluding tert-OH is 1. The largest absolute Gasteiger partial charge is 0.460 e. The third-order valence-corrected chi connectivity index (χ3v) is 8.89. The van der Waals surface area contributed by atoms with Gasteiger partial charge in [-0.15, -0.1) is 0 Å². The number of carbonyl (C=O) groups excluding carboxylic acids is 1. The SMILES string of the molecule is C=C1CC[C@H](O)C/C1=C\C=C1/CCC[C@]2(C)[C@@H]([C@H](C)C[C@H]3C[C@@](C)(O)C(=O)O3)CC[C@@H]12. The minimum atomic E-state index is -1.32. The van der Waals surface area contributed by atoms with Gasteiger partial charge < -0.3 is 14.9 Å². The van der Waals surface area contributed by atoms with E-state index in [4.69, 9.17) is 4.74 Å². The normalized spacial score (nSPS) is 44.5. The lowest BCUT2D eigenvalue weighted by Gasteiger charge is -2.44. The molecule has 172 valence electrons. The van der Waals surface area contributed by atoms with Gasteiger partial charge in [0, 0.05) is 6.42 Å². The number of cyclic esters (lactones) is 1. The van der Waals surface area contributed by atoms with Crippen molar-refractivity contribution in [2.75, 3.05) is 0 Å². The molecule has 4 heteroatoms. The predicted molar refractivity (Wildman–Crippen MR) is 122 cm³/mol. The van der Waals surface area contributed by atoms with Crippen LogP contribution in [-0.2, 0) is 9.53 Å². The quantitative estimate of drug-likeness (QED) is 0.600. The molecule has 0 bridgehead atoms. The summed E-state index contributed by atoms with van der Waals surface area (Å²) < 4.78 is 5.48. The number of hydrogen-bond donors (Lipinski definition) is 2. The number of esters is 1. The summed E-state index contributed by atoms with van der Waals surface area (Å²) in [6.07, 6.45) is 14.0. The Morgan fingerprint density at radius 3 is 2.71 bits per heavy atom. The minimum absolute atomic E-state index is 0.160. The Labute approximate surface area is 187 Å². The summed E-state index contributed by atoms with van der Waals surface area (Å²) in [5.74, 6) is 1.23. The highest BCUT2D eigenvalue weighted by atomic mass is 16.6. The van der Waals surface area contributed by atoms with E-state index in [-0.39, 0.29) is 17.6 Å². The van der Waals surface area contributed by atoms with Gasteiger partial charge in [0.25, 0.3) is 0 Å². The van der Waals surface area contributed by atoms with Crippen molar-refractivity contribution in [2.24, 2.45) is 23.2 Å². The zero-order valence-electron chi connectivity index (χ0n) is 19.5. The fraction of sp³-hybridized carbons (Fsp3) is 0.741. The van der Waals surface area contributed by atoms with E-state index in [1.54, 1.807) is 12.5 Å². The summed E-state index contributed by atoms with van der Waals surface area (Å²) in [5, 5.41) is 20.2. The van der Waals surface area contributed by atoms with Crippen LogP contribution < -0.4 is 0 Å². The highest BCUT2D eigenvalue weighted by molar-refractivity contribution is 5.80. The summed E-state index contributed by atoms with van der Waals surface area (Å²) in [4.78, 5) is 11.9. The molecule has 4 fully saturated rings. The first-order valence-corrected chi connectivity index (χ1v) is 12.3. The zero-order valence-corrected chi connectivity index (χ0v) is 19.5. The molecule has 1 heterocycles. The first-order chi connectivity index (χ1) is 14.6. The van der Waals surface area contributed by atoms with Crippen molar-refractivity contribution in [3.8, 4) is 0 Å². The number of hydrogen-bond acceptors (Lipinski definition) is 4. The van der Waals surface area contributed by atoms with Crippen molar-refractivity contribution in [2.45, 2.75) is 103 Å². The maximum absolute atomic E-state index is 11.9. The van der Waals surface area contributed by atoms with Gasteiger partial charge in [0.1, 0.15) is 6.10 Å². The molecule has 4 nitrogen and oxygen atoms in total. The van der Waals surface area contributed by atoms with Crippen LogP contribution in [0.15, 0.2) is 35.5 Å². The Morgan fingerprint density at radius 2 is 2.00 bits per heavy atom. The standard InChI is InChI=1S/C27H40O4/c1-17-7-10-21(28)15-20(17)9-8-19-6-5-13-26(3)23(11-12-24(19)26)18(2)14-22-16-27(4,30)25(29)31-22/h8-9,18,21-24,28,30H,1,5-7,10-16H2,2-4H3/b19-8+,20-9+/t18-,21+,22+,23-,24+,26-,27-/m1/s1. The monoisotopic (exact) mass is 428 g/mol. The summed E-state index contributed by atoms with van der Waals surface area (Å²) >= 11 is 0. The van der Waals surface area contributed by atoms with E-state index in [2.05, 4.69) is 32.6 Å². The summed E-state index contributed by atoms with van der Waals surface area (Å²) in [5.41, 5.74) is 2.93. The van der Waals surface area contributed by atoms with Gasteiger partial charge in [0.15, 0.2) is 5.60 Å². The fourth-order valence-corrected chi connectivity index (χ4v) is 7.17. The van der Waals surface area contributed by atoms with Gasteiger partial charge >= 0.3 is 5.97 Å². The molecule has 0 aromatic carbocycles. The maximum atomic E-state index is 11.9. The second kappa shape index (κ2) is 8.51. The molecule has 1 aliphatic heterocycles. The number of carbonyl (C=O) groups is 1. The molecule has 4 aliphatic rings. The predicted octanol–water partition coefficient (Wildman–Crippen LogP) is 5.25. The number of aliphatic hydroxyl groups is 2. The number of fused-ring (bicyclic) bond motifs is 1. The average Bonchev–Trinajstić information content (AvgIpc) is 3.17. The molecule has 0 aromatic heterocycles. The lowest BCUT2D eigenvalue weighted by molar-refractivity contribution is -0.154. The van der Waals surface area contributed by atoms with Gasteiger partial charge in [-0.25, -0.2) is 4.79 Å². The van der Waals surface area contributed by atoms with Crippen LogP contribution in [0.4, 0.5) is 0 Å². The van der Waals surface area contributed by atoms with E-state index in [0.29, 0.717) is 24.2 Å². The van der Waals surface area contributed by atoms with Crippen LogP contribution in [-0.4, -0.2) is 34.0 Å². The summed E-state index contributed by atoms with van der Waals surface area (Å²) in [6.45, 7) is 10.6. The number of allylic oxidation sites excluding steroid dienone is 4. The van der Waals surface area contributed by atoms with Gasteiger partial charge in [-0.2, -0.15) is 0 Å². The van der Waals surface area contributed by atoms with E-state index >= 15 is 0 Å². The zero-order chi connectivity index (χ0) is 22.4. The van der Waals surface area contributed by atoms with Crippen molar-refractivity contribution < 1.29 is 19.7 Å². The Kier molecular flexibility index (Phi) is 6.26. The van der Waals surface area contributed by atoms with Gasteiger partial charge in [-0.3, -0.25) is 0 Å². The lowest BCUT2D eigenvalue weighted by Crippen LogP contribution is -2.36. The third-order valence-electron chi connectivity index (χ3n) is 8.89. The summed E-state index contributed by atoms with van der Waals surface area (Å²) in [7, 11) is 0. The van der Waals surface area contributed by atoms with E-state index in [9.17, 15) is 15.0 Å². The molecule has 1 saturated heterocycles. The minimum Gasteiger partial charge on any atom is -0.460 e. The van der Waals surface area contributed by atoms with Crippen molar-refractivity contribution in [1.29, 1.82) is 0 Å². The smallest absolute Gasteiger partial charge is 0.338 e. The van der Waals surface area contributed by atoms with Crippen LogP contribution in [0, 0.1) is 23.2 Å². The van der Waals surface area contributed by atoms with Crippen LogP contribution in [0.1, 0.15) is 85.0 Å². The van der Waals surface area contributed by atoms with E-state index in [1.165, 1.54) is 43.3 Å². The van der Waals surface area contributed by atoms with Crippen molar-refractivity contribution in [1.82, 2.24) is 0 Å². The van der Waals surface area contributed by atoms with Crippen LogP contribution in [0.5, 0.6) is 0 Å². The molecule has 0 aromatic rings.